The Kier molecular flexibility index (Phi) is 6.94. The molecule has 146 valence electrons. The average Bonchev–Trinajstić information content (AvgIpc) is 2.89. The molecule has 0 spiro atoms. The molecule has 1 fully saturated rings. The molecule has 0 aliphatic carbocycles. The maximum Gasteiger partial charge on any atom is 0.387 e. The fourth-order valence-electron chi connectivity index (χ4n) is 3.12. The number of rotatable bonds is 8. The van der Waals surface area contributed by atoms with E-state index < -0.39 is 16.4 Å². The number of amides is 1. The van der Waals surface area contributed by atoms with Gasteiger partial charge in [-0.05, 0) is 38.1 Å². The van der Waals surface area contributed by atoms with Crippen LogP contribution < -0.4 is 4.74 Å². The van der Waals surface area contributed by atoms with Gasteiger partial charge in [-0.15, -0.1) is 0 Å². The van der Waals surface area contributed by atoms with E-state index in [9.17, 15) is 22.0 Å². The lowest BCUT2D eigenvalue weighted by molar-refractivity contribution is -0.133. The molecule has 1 saturated heterocycles. The number of likely N-dealkylation sites (N-methyl/N-ethyl adjacent to an activating group) is 2. The number of carbonyl (C=O) groups is 1. The summed E-state index contributed by atoms with van der Waals surface area (Å²) in [5.74, 6) is 0.128. The largest absolute Gasteiger partial charge is 0.435 e. The molecule has 1 amide bonds. The topological polar surface area (TPSA) is 66.9 Å². The van der Waals surface area contributed by atoms with Gasteiger partial charge in [-0.25, -0.2) is 8.42 Å². The van der Waals surface area contributed by atoms with Gasteiger partial charge in [0.15, 0.2) is 9.84 Å². The van der Waals surface area contributed by atoms with Crippen molar-refractivity contribution in [2.75, 3.05) is 31.6 Å². The van der Waals surface area contributed by atoms with Gasteiger partial charge >= 0.3 is 6.61 Å². The quantitative estimate of drug-likeness (QED) is 0.677. The molecule has 0 N–H and O–H groups in total. The third-order valence-corrected chi connectivity index (χ3v) is 6.07. The van der Waals surface area contributed by atoms with E-state index in [4.69, 9.17) is 0 Å². The molecule has 1 aromatic rings. The van der Waals surface area contributed by atoms with Crippen molar-refractivity contribution in [3.05, 3.63) is 29.8 Å². The summed E-state index contributed by atoms with van der Waals surface area (Å²) >= 11 is 0. The van der Waals surface area contributed by atoms with Gasteiger partial charge in [-0.2, -0.15) is 8.78 Å². The number of ether oxygens (including phenoxy) is 1. The summed E-state index contributed by atoms with van der Waals surface area (Å²) < 4.78 is 51.9. The Morgan fingerprint density at radius 1 is 1.31 bits per heavy atom. The molecule has 1 heterocycles. The lowest BCUT2D eigenvalue weighted by atomic mass is 10.2. The highest BCUT2D eigenvalue weighted by atomic mass is 32.2. The van der Waals surface area contributed by atoms with Gasteiger partial charge in [0.1, 0.15) is 5.75 Å². The Morgan fingerprint density at radius 2 is 1.96 bits per heavy atom. The van der Waals surface area contributed by atoms with Crippen LogP contribution in [0.3, 0.4) is 0 Å². The number of carbonyl (C=O) groups excluding carboxylic acids is 1. The molecule has 2 rings (SSSR count). The molecule has 26 heavy (non-hydrogen) atoms. The summed E-state index contributed by atoms with van der Waals surface area (Å²) in [6.45, 7) is 0.0541. The first-order valence-corrected chi connectivity index (χ1v) is 10.2. The maximum atomic E-state index is 12.5. The van der Waals surface area contributed by atoms with Crippen molar-refractivity contribution in [3.8, 4) is 5.75 Å². The van der Waals surface area contributed by atoms with E-state index in [0.29, 0.717) is 19.5 Å². The van der Waals surface area contributed by atoms with Crippen molar-refractivity contribution >= 4 is 15.7 Å². The summed E-state index contributed by atoms with van der Waals surface area (Å²) in [7, 11) is -1.27. The molecular weight excluding hydrogens is 366 g/mol. The van der Waals surface area contributed by atoms with Gasteiger partial charge in [0, 0.05) is 19.1 Å². The third kappa shape index (κ3) is 5.91. The molecule has 1 atom stereocenters. The summed E-state index contributed by atoms with van der Waals surface area (Å²) in [4.78, 5) is 16.0. The first-order valence-electron chi connectivity index (χ1n) is 8.42. The lowest BCUT2D eigenvalue weighted by Crippen LogP contribution is -2.45. The van der Waals surface area contributed by atoms with Crippen molar-refractivity contribution in [1.82, 2.24) is 9.80 Å². The van der Waals surface area contributed by atoms with E-state index in [1.54, 1.807) is 29.0 Å². The average molecular weight is 390 g/mol. The molecule has 0 bridgehead atoms. The van der Waals surface area contributed by atoms with E-state index in [1.165, 1.54) is 12.1 Å². The van der Waals surface area contributed by atoms with E-state index >= 15 is 0 Å². The molecule has 1 unspecified atom stereocenters. The molecule has 0 aromatic heterocycles. The van der Waals surface area contributed by atoms with Crippen LogP contribution in [0.25, 0.3) is 0 Å². The van der Waals surface area contributed by atoms with Gasteiger partial charge in [0.2, 0.25) is 5.91 Å². The molecule has 1 aromatic carbocycles. The van der Waals surface area contributed by atoms with Crippen LogP contribution in [0.15, 0.2) is 24.3 Å². The smallest absolute Gasteiger partial charge is 0.387 e. The number of benzene rings is 1. The Hall–Kier alpha value is -1.74. The fourth-order valence-corrected chi connectivity index (χ4v) is 4.86. The number of sulfone groups is 1. The SMILES string of the molecule is CCN(C(=O)CN(C)Cc1ccc(OC(F)F)cc1)C1CCS(=O)(=O)C1. The second-order valence-corrected chi connectivity index (χ2v) is 8.66. The second kappa shape index (κ2) is 8.77. The van der Waals surface area contributed by atoms with E-state index in [1.807, 2.05) is 6.92 Å². The first kappa shape index (κ1) is 20.6. The van der Waals surface area contributed by atoms with Crippen LogP contribution in [0.2, 0.25) is 0 Å². The van der Waals surface area contributed by atoms with Crippen LogP contribution in [0, 0.1) is 0 Å². The Balaban J connectivity index is 1.89. The maximum absolute atomic E-state index is 12.5. The van der Waals surface area contributed by atoms with Crippen molar-refractivity contribution in [2.24, 2.45) is 0 Å². The molecule has 9 heteroatoms. The highest BCUT2D eigenvalue weighted by Gasteiger charge is 2.33. The Morgan fingerprint density at radius 3 is 2.46 bits per heavy atom. The predicted octanol–water partition coefficient (Wildman–Crippen LogP) is 1.76. The van der Waals surface area contributed by atoms with Crippen LogP contribution in [0.4, 0.5) is 8.78 Å². The van der Waals surface area contributed by atoms with E-state index in [0.717, 1.165) is 5.56 Å². The van der Waals surface area contributed by atoms with Crippen LogP contribution in [0.5, 0.6) is 5.75 Å². The minimum Gasteiger partial charge on any atom is -0.435 e. The fraction of sp³-hybridized carbons (Fsp3) is 0.588. The second-order valence-electron chi connectivity index (χ2n) is 6.43. The zero-order valence-electron chi connectivity index (χ0n) is 14.9. The van der Waals surface area contributed by atoms with Crippen LogP contribution in [-0.2, 0) is 21.2 Å². The highest BCUT2D eigenvalue weighted by molar-refractivity contribution is 7.91. The van der Waals surface area contributed by atoms with Gasteiger partial charge in [0.05, 0.1) is 18.1 Å². The zero-order chi connectivity index (χ0) is 19.3. The minimum atomic E-state index is -3.05. The van der Waals surface area contributed by atoms with Crippen molar-refractivity contribution < 1.29 is 26.7 Å². The molecule has 6 nitrogen and oxygen atoms in total. The molecule has 0 radical (unpaired) electrons. The minimum absolute atomic E-state index is 0.0297. The summed E-state index contributed by atoms with van der Waals surface area (Å²) in [6.07, 6.45) is 0.483. The lowest BCUT2D eigenvalue weighted by Gasteiger charge is -2.29. The molecule has 0 saturated carbocycles. The van der Waals surface area contributed by atoms with Gasteiger partial charge in [0.25, 0.3) is 0 Å². The summed E-state index contributed by atoms with van der Waals surface area (Å²) in [5.41, 5.74) is 0.855. The van der Waals surface area contributed by atoms with E-state index in [2.05, 4.69) is 4.74 Å². The Bertz CT molecular complexity index is 710. The number of alkyl halides is 2. The van der Waals surface area contributed by atoms with Crippen LogP contribution >= 0.6 is 0 Å². The van der Waals surface area contributed by atoms with Crippen LogP contribution in [-0.4, -0.2) is 68.4 Å². The number of hydrogen-bond donors (Lipinski definition) is 0. The Labute approximate surface area is 152 Å². The van der Waals surface area contributed by atoms with Gasteiger partial charge in [-0.3, -0.25) is 9.69 Å². The molecule has 1 aliphatic rings. The van der Waals surface area contributed by atoms with Crippen molar-refractivity contribution in [1.29, 1.82) is 0 Å². The summed E-state index contributed by atoms with van der Waals surface area (Å²) in [6, 6.07) is 5.99. The molecule has 1 aliphatic heterocycles. The van der Waals surface area contributed by atoms with Gasteiger partial charge in [-0.1, -0.05) is 12.1 Å². The first-order chi connectivity index (χ1) is 12.2. The zero-order valence-corrected chi connectivity index (χ0v) is 15.7. The highest BCUT2D eigenvalue weighted by Crippen LogP contribution is 2.19. The number of hydrogen-bond acceptors (Lipinski definition) is 5. The van der Waals surface area contributed by atoms with Crippen molar-refractivity contribution in [2.45, 2.75) is 32.5 Å². The number of halogens is 2. The third-order valence-electron chi connectivity index (χ3n) is 4.32. The monoisotopic (exact) mass is 390 g/mol. The molecular formula is C17H24F2N2O4S. The normalized spacial score (nSPS) is 19.1. The van der Waals surface area contributed by atoms with Crippen molar-refractivity contribution in [3.63, 3.8) is 0 Å². The summed E-state index contributed by atoms with van der Waals surface area (Å²) in [5, 5.41) is 0. The number of nitrogens with zero attached hydrogens (tertiary/aromatic N) is 2. The predicted molar refractivity (Wildman–Crippen MR) is 93.9 cm³/mol. The van der Waals surface area contributed by atoms with E-state index in [-0.39, 0.29) is 35.7 Å². The standard InChI is InChI=1S/C17H24F2N2O4S/c1-3-21(14-8-9-26(23,24)12-14)16(22)11-20(2)10-13-4-6-15(7-5-13)25-17(18)19/h4-7,14,17H,3,8-12H2,1-2H3. The van der Waals surface area contributed by atoms with Gasteiger partial charge < -0.3 is 9.64 Å². The van der Waals surface area contributed by atoms with Crippen LogP contribution in [0.1, 0.15) is 18.9 Å².